The molecular weight excluding hydrogens is 434 g/mol. The number of carbonyl (C=O) groups excluding carboxylic acids is 1. The molecule has 4 rings (SSSR count). The lowest BCUT2D eigenvalue weighted by molar-refractivity contribution is 0.0998. The van der Waals surface area contributed by atoms with Crippen LogP contribution < -0.4 is 10.5 Å². The molecule has 160 valence electrons. The van der Waals surface area contributed by atoms with Gasteiger partial charge in [0.25, 0.3) is 5.91 Å². The highest BCUT2D eigenvalue weighted by molar-refractivity contribution is 7.17. The third-order valence-electron chi connectivity index (χ3n) is 5.02. The third kappa shape index (κ3) is 4.44. The zero-order valence-corrected chi connectivity index (χ0v) is 18.5. The predicted octanol–water partition coefficient (Wildman–Crippen LogP) is 4.88. The molecule has 0 radical (unpaired) electrons. The van der Waals surface area contributed by atoms with Gasteiger partial charge in [0, 0.05) is 29.5 Å². The molecule has 0 spiro atoms. The lowest BCUT2D eigenvalue weighted by atomic mass is 10.0. The quantitative estimate of drug-likeness (QED) is 0.396. The topological polar surface area (TPSA) is 89.9 Å². The number of halogens is 1. The van der Waals surface area contributed by atoms with Crippen LogP contribution in [0.1, 0.15) is 40.2 Å². The Bertz CT molecular complexity index is 1230. The van der Waals surface area contributed by atoms with Gasteiger partial charge in [-0.15, -0.1) is 11.3 Å². The molecule has 0 bridgehead atoms. The molecule has 0 aliphatic carbocycles. The molecule has 1 atom stereocenters. The Morgan fingerprint density at radius 3 is 2.90 bits per heavy atom. The molecule has 1 amide bonds. The van der Waals surface area contributed by atoms with Crippen LogP contribution >= 0.6 is 22.9 Å². The molecule has 8 heteroatoms. The number of pyridine rings is 1. The number of ether oxygens (including phenoxy) is 1. The number of imidazole rings is 1. The lowest BCUT2D eigenvalue weighted by Gasteiger charge is -2.17. The molecule has 0 saturated carbocycles. The van der Waals surface area contributed by atoms with Crippen LogP contribution in [-0.2, 0) is 6.42 Å². The molecule has 31 heavy (non-hydrogen) atoms. The molecule has 0 aliphatic heterocycles. The van der Waals surface area contributed by atoms with Crippen molar-refractivity contribution in [3.05, 3.63) is 75.9 Å². The summed E-state index contributed by atoms with van der Waals surface area (Å²) in [6.07, 6.45) is 4.74. The molecule has 3 N–H and O–H groups in total. The summed E-state index contributed by atoms with van der Waals surface area (Å²) in [6, 6.07) is 13.4. The van der Waals surface area contributed by atoms with E-state index in [0.717, 1.165) is 33.8 Å². The van der Waals surface area contributed by atoms with Gasteiger partial charge < -0.3 is 15.6 Å². The van der Waals surface area contributed by atoms with Gasteiger partial charge in [-0.3, -0.25) is 9.20 Å². The van der Waals surface area contributed by atoms with Crippen molar-refractivity contribution < 1.29 is 14.6 Å². The maximum Gasteiger partial charge on any atom is 0.262 e. The summed E-state index contributed by atoms with van der Waals surface area (Å²) in [4.78, 5) is 17.7. The summed E-state index contributed by atoms with van der Waals surface area (Å²) in [5.41, 5.74) is 9.17. The molecule has 0 fully saturated rings. The number of rotatable bonds is 8. The van der Waals surface area contributed by atoms with Crippen LogP contribution in [0.5, 0.6) is 5.75 Å². The van der Waals surface area contributed by atoms with E-state index in [2.05, 4.69) is 4.98 Å². The smallest absolute Gasteiger partial charge is 0.262 e. The maximum absolute atomic E-state index is 12.1. The van der Waals surface area contributed by atoms with Crippen LogP contribution in [-0.4, -0.2) is 27.0 Å². The Labute approximate surface area is 188 Å². The minimum atomic E-state index is -0.544. The van der Waals surface area contributed by atoms with Crippen molar-refractivity contribution in [2.45, 2.75) is 25.9 Å². The molecule has 6 nitrogen and oxygen atoms in total. The number of primary amides is 1. The van der Waals surface area contributed by atoms with Gasteiger partial charge in [0.05, 0.1) is 16.8 Å². The first-order chi connectivity index (χ1) is 15.0. The zero-order chi connectivity index (χ0) is 22.0. The largest absolute Gasteiger partial charge is 0.484 e. The Kier molecular flexibility index (Phi) is 6.27. The summed E-state index contributed by atoms with van der Waals surface area (Å²) < 4.78 is 8.09. The van der Waals surface area contributed by atoms with Gasteiger partial charge in [0.15, 0.2) is 0 Å². The molecule has 0 aliphatic rings. The standard InChI is InChI=1S/C23H22ClN3O3S/c1-14(16-8-7-15(5-4-10-28)11-17(16)24)30-19-12-20(31-22(19)23(25)29)18-13-26-21-6-2-3-9-27(18)21/h2-3,6-9,11-14,28H,4-5,10H2,1H3,(H2,25,29). The number of carbonyl (C=O) groups is 1. The maximum atomic E-state index is 12.1. The van der Waals surface area contributed by atoms with Gasteiger partial charge in [-0.2, -0.15) is 0 Å². The number of hydrogen-bond donors (Lipinski definition) is 2. The lowest BCUT2D eigenvalue weighted by Crippen LogP contribution is -2.12. The van der Waals surface area contributed by atoms with E-state index in [9.17, 15) is 4.79 Å². The number of aliphatic hydroxyl groups is 1. The number of aromatic nitrogens is 2. The Morgan fingerprint density at radius 2 is 2.16 bits per heavy atom. The second-order valence-corrected chi connectivity index (χ2v) is 8.64. The van der Waals surface area contributed by atoms with Crippen LogP contribution in [0.15, 0.2) is 54.9 Å². The van der Waals surface area contributed by atoms with E-state index in [4.69, 9.17) is 27.2 Å². The first-order valence-corrected chi connectivity index (χ1v) is 11.1. The van der Waals surface area contributed by atoms with E-state index in [1.165, 1.54) is 11.3 Å². The molecule has 1 unspecified atom stereocenters. The van der Waals surface area contributed by atoms with Crippen molar-refractivity contribution in [1.82, 2.24) is 9.38 Å². The average Bonchev–Trinajstić information content (AvgIpc) is 3.36. The molecule has 3 aromatic heterocycles. The van der Waals surface area contributed by atoms with E-state index in [0.29, 0.717) is 22.1 Å². The fraction of sp³-hybridized carbons (Fsp3) is 0.217. The van der Waals surface area contributed by atoms with Crippen molar-refractivity contribution in [3.8, 4) is 16.3 Å². The molecule has 1 aromatic carbocycles. The van der Waals surface area contributed by atoms with Crippen molar-refractivity contribution >= 4 is 34.5 Å². The van der Waals surface area contributed by atoms with E-state index in [1.807, 2.05) is 60.0 Å². The number of fused-ring (bicyclic) bond motifs is 1. The minimum absolute atomic E-state index is 0.141. The molecule has 3 heterocycles. The predicted molar refractivity (Wildman–Crippen MR) is 123 cm³/mol. The zero-order valence-electron chi connectivity index (χ0n) is 16.9. The van der Waals surface area contributed by atoms with Crippen molar-refractivity contribution in [2.75, 3.05) is 6.61 Å². The number of nitrogens with two attached hydrogens (primary N) is 1. The second kappa shape index (κ2) is 9.09. The van der Waals surface area contributed by atoms with E-state index in [-0.39, 0.29) is 12.7 Å². The summed E-state index contributed by atoms with van der Waals surface area (Å²) in [7, 11) is 0. The number of aliphatic hydroxyl groups excluding tert-OH is 1. The first kappa shape index (κ1) is 21.4. The highest BCUT2D eigenvalue weighted by Gasteiger charge is 2.21. The normalized spacial score (nSPS) is 12.2. The van der Waals surface area contributed by atoms with Gasteiger partial charge in [0.2, 0.25) is 0 Å². The summed E-state index contributed by atoms with van der Waals surface area (Å²) in [5, 5.41) is 9.59. The fourth-order valence-electron chi connectivity index (χ4n) is 3.47. The van der Waals surface area contributed by atoms with Gasteiger partial charge >= 0.3 is 0 Å². The van der Waals surface area contributed by atoms with Gasteiger partial charge in [-0.05, 0) is 43.5 Å². The number of thiophene rings is 1. The van der Waals surface area contributed by atoms with Crippen molar-refractivity contribution in [3.63, 3.8) is 0 Å². The molecule has 0 saturated heterocycles. The highest BCUT2D eigenvalue weighted by Crippen LogP contribution is 2.39. The second-order valence-electron chi connectivity index (χ2n) is 7.18. The number of hydrogen-bond acceptors (Lipinski definition) is 5. The number of aryl methyl sites for hydroxylation is 1. The van der Waals surface area contributed by atoms with Crippen molar-refractivity contribution in [2.24, 2.45) is 5.73 Å². The highest BCUT2D eigenvalue weighted by atomic mass is 35.5. The first-order valence-electron chi connectivity index (χ1n) is 9.90. The molecular formula is C23H22ClN3O3S. The van der Waals surface area contributed by atoms with E-state index < -0.39 is 5.91 Å². The van der Waals surface area contributed by atoms with Gasteiger partial charge in [0.1, 0.15) is 22.4 Å². The monoisotopic (exact) mass is 455 g/mol. The van der Waals surface area contributed by atoms with Crippen LogP contribution in [0.4, 0.5) is 0 Å². The number of amides is 1. The number of nitrogens with zero attached hydrogens (tertiary/aromatic N) is 2. The van der Waals surface area contributed by atoms with E-state index >= 15 is 0 Å². The van der Waals surface area contributed by atoms with Crippen molar-refractivity contribution in [1.29, 1.82) is 0 Å². The Morgan fingerprint density at radius 1 is 1.32 bits per heavy atom. The van der Waals surface area contributed by atoms with Crippen LogP contribution in [0.25, 0.3) is 16.2 Å². The molecule has 4 aromatic rings. The Hall–Kier alpha value is -2.87. The van der Waals surface area contributed by atoms with Crippen LogP contribution in [0.3, 0.4) is 0 Å². The SMILES string of the molecule is CC(Oc1cc(-c2cnc3ccccn23)sc1C(N)=O)c1ccc(CCCO)cc1Cl. The Balaban J connectivity index is 1.63. The average molecular weight is 456 g/mol. The van der Waals surface area contributed by atoms with Gasteiger partial charge in [-0.1, -0.05) is 29.8 Å². The fourth-order valence-corrected chi connectivity index (χ4v) is 4.77. The summed E-state index contributed by atoms with van der Waals surface area (Å²) >= 11 is 7.76. The van der Waals surface area contributed by atoms with Crippen LogP contribution in [0, 0.1) is 0 Å². The minimum Gasteiger partial charge on any atom is -0.484 e. The number of benzene rings is 1. The third-order valence-corrected chi connectivity index (χ3v) is 6.50. The summed E-state index contributed by atoms with van der Waals surface area (Å²) in [5.74, 6) is -0.121. The summed E-state index contributed by atoms with van der Waals surface area (Å²) in [6.45, 7) is 2.02. The van der Waals surface area contributed by atoms with Gasteiger partial charge in [-0.25, -0.2) is 4.98 Å². The van der Waals surface area contributed by atoms with E-state index in [1.54, 1.807) is 6.20 Å². The van der Waals surface area contributed by atoms with Crippen LogP contribution in [0.2, 0.25) is 5.02 Å².